The number of ether oxygens (including phenoxy) is 2. The van der Waals surface area contributed by atoms with Crippen molar-refractivity contribution in [1.82, 2.24) is 4.73 Å². The molecule has 0 saturated heterocycles. The number of para-hydroxylation sites is 3. The van der Waals surface area contributed by atoms with Crippen molar-refractivity contribution in [2.24, 2.45) is 0 Å². The highest BCUT2D eigenvalue weighted by Gasteiger charge is 2.23. The Bertz CT molecular complexity index is 1020. The molecule has 0 radical (unpaired) electrons. The molecule has 0 amide bonds. The lowest BCUT2D eigenvalue weighted by atomic mass is 10.2. The van der Waals surface area contributed by atoms with Crippen LogP contribution in [-0.4, -0.2) is 28.1 Å². The first kappa shape index (κ1) is 16.8. The van der Waals surface area contributed by atoms with E-state index in [9.17, 15) is 14.9 Å². The van der Waals surface area contributed by atoms with Crippen LogP contribution in [0.4, 0.5) is 0 Å². The van der Waals surface area contributed by atoms with Crippen LogP contribution >= 0.6 is 0 Å². The number of rotatable bonds is 3. The summed E-state index contributed by atoms with van der Waals surface area (Å²) in [5.74, 6) is -0.355. The highest BCUT2D eigenvalue weighted by Crippen LogP contribution is 2.24. The largest absolute Gasteiger partial charge is 0.475 e. The van der Waals surface area contributed by atoms with Gasteiger partial charge in [0.1, 0.15) is 5.60 Å². The van der Waals surface area contributed by atoms with Crippen molar-refractivity contribution >= 4 is 28.0 Å². The number of carbonyl (C=O) groups is 1. The first-order valence-electron chi connectivity index (χ1n) is 7.81. The quantitative estimate of drug-likeness (QED) is 0.342. The molecule has 0 aliphatic rings. The molecule has 0 aliphatic heterocycles. The number of hydrogen-bond acceptors (Lipinski definition) is 5. The Hall–Kier alpha value is -3.09. The van der Waals surface area contributed by atoms with E-state index in [1.165, 1.54) is 0 Å². The molecule has 1 N–H and O–H groups in total. The summed E-state index contributed by atoms with van der Waals surface area (Å²) in [5, 5.41) is 10.4. The number of carbonyl (C=O) groups excluding carboxylic acids is 1. The van der Waals surface area contributed by atoms with Gasteiger partial charge in [-0.1, -0.05) is 18.2 Å². The zero-order valence-corrected chi connectivity index (χ0v) is 14.2. The van der Waals surface area contributed by atoms with E-state index in [0.717, 1.165) is 4.73 Å². The Balaban J connectivity index is 2.05. The summed E-state index contributed by atoms with van der Waals surface area (Å²) in [6.07, 6.45) is 0. The van der Waals surface area contributed by atoms with E-state index >= 15 is 0 Å². The van der Waals surface area contributed by atoms with Gasteiger partial charge in [0.25, 0.3) is 5.52 Å². The molecule has 2 aromatic carbocycles. The highest BCUT2D eigenvalue weighted by molar-refractivity contribution is 5.85. The summed E-state index contributed by atoms with van der Waals surface area (Å²) in [7, 11) is 0. The Labute approximate surface area is 143 Å². The summed E-state index contributed by atoms with van der Waals surface area (Å²) in [4.78, 5) is 24.6. The maximum absolute atomic E-state index is 12.7. The molecule has 7 nitrogen and oxygen atoms in total. The van der Waals surface area contributed by atoms with E-state index in [1.54, 1.807) is 63.2 Å². The van der Waals surface area contributed by atoms with Gasteiger partial charge in [-0.25, -0.2) is 4.79 Å². The van der Waals surface area contributed by atoms with E-state index in [4.69, 9.17) is 9.47 Å². The molecule has 0 bridgehead atoms. The van der Waals surface area contributed by atoms with Crippen LogP contribution in [-0.2, 0) is 9.53 Å². The number of benzene rings is 2. The third kappa shape index (κ3) is 3.26. The molecular formula is C18H19N2O5+. The zero-order valence-electron chi connectivity index (χ0n) is 14.2. The van der Waals surface area contributed by atoms with Crippen molar-refractivity contribution in [2.75, 3.05) is 6.61 Å². The molecule has 25 heavy (non-hydrogen) atoms. The van der Waals surface area contributed by atoms with E-state index in [-0.39, 0.29) is 28.9 Å². The maximum atomic E-state index is 12.7. The summed E-state index contributed by atoms with van der Waals surface area (Å²) in [6.45, 7) is 4.94. The van der Waals surface area contributed by atoms with Crippen molar-refractivity contribution in [3.63, 3.8) is 0 Å². The molecule has 0 spiro atoms. The standard InChI is InChI=1S/C18H19N2O5/c1-18(2,3)25-16(21)11-24-15-10-6-9-14-17(15)20(23)13-8-5-4-7-12(13)19(14)22/h4-10,22H,11H2,1-3H3/q+1. The molecule has 3 aromatic rings. The van der Waals surface area contributed by atoms with Gasteiger partial charge in [0, 0.05) is 11.0 Å². The van der Waals surface area contributed by atoms with Crippen LogP contribution in [0.15, 0.2) is 42.5 Å². The minimum atomic E-state index is -0.623. The zero-order chi connectivity index (χ0) is 18.2. The summed E-state index contributed by atoms with van der Waals surface area (Å²) in [5.41, 5.74) is 0.435. The van der Waals surface area contributed by atoms with Crippen molar-refractivity contribution in [3.05, 3.63) is 47.4 Å². The monoisotopic (exact) mass is 343 g/mol. The van der Waals surface area contributed by atoms with Gasteiger partial charge in [-0.2, -0.15) is 4.73 Å². The molecule has 3 rings (SSSR count). The summed E-state index contributed by atoms with van der Waals surface area (Å²) in [6, 6.07) is 11.5. The third-order valence-electron chi connectivity index (χ3n) is 3.50. The second kappa shape index (κ2) is 6.08. The molecular weight excluding hydrogens is 324 g/mol. The van der Waals surface area contributed by atoms with Gasteiger partial charge in [0.15, 0.2) is 23.4 Å². The van der Waals surface area contributed by atoms with E-state index < -0.39 is 11.6 Å². The van der Waals surface area contributed by atoms with Gasteiger partial charge < -0.3 is 14.7 Å². The maximum Gasteiger partial charge on any atom is 0.344 e. The molecule has 1 heterocycles. The van der Waals surface area contributed by atoms with Gasteiger partial charge in [-0.3, -0.25) is 0 Å². The van der Waals surface area contributed by atoms with Gasteiger partial charge in [0.05, 0.1) is 4.43 Å². The summed E-state index contributed by atoms with van der Waals surface area (Å²) < 4.78 is 12.3. The smallest absolute Gasteiger partial charge is 0.344 e. The number of esters is 1. The normalized spacial score (nSPS) is 11.6. The molecule has 0 atom stereocenters. The molecule has 0 saturated carbocycles. The third-order valence-corrected chi connectivity index (χ3v) is 3.50. The Morgan fingerprint density at radius 1 is 1.12 bits per heavy atom. The minimum absolute atomic E-state index is 0.132. The highest BCUT2D eigenvalue weighted by atomic mass is 16.6. The first-order chi connectivity index (χ1) is 11.8. The van der Waals surface area contributed by atoms with Crippen molar-refractivity contribution in [2.45, 2.75) is 26.4 Å². The lowest BCUT2D eigenvalue weighted by molar-refractivity contribution is -0.433. The number of aromatic nitrogens is 2. The molecule has 130 valence electrons. The Morgan fingerprint density at radius 3 is 2.52 bits per heavy atom. The predicted molar refractivity (Wildman–Crippen MR) is 91.3 cm³/mol. The fourth-order valence-corrected chi connectivity index (χ4v) is 2.58. The molecule has 7 heteroatoms. The van der Waals surface area contributed by atoms with Crippen molar-refractivity contribution < 1.29 is 23.9 Å². The molecule has 0 aliphatic carbocycles. The van der Waals surface area contributed by atoms with Crippen LogP contribution in [0.3, 0.4) is 0 Å². The Morgan fingerprint density at radius 2 is 1.80 bits per heavy atom. The lowest BCUT2D eigenvalue weighted by Crippen LogP contribution is -2.28. The van der Waals surface area contributed by atoms with Gasteiger partial charge in [0.2, 0.25) is 0 Å². The second-order valence-electron chi connectivity index (χ2n) is 6.59. The predicted octanol–water partition coefficient (Wildman–Crippen LogP) is 2.67. The van der Waals surface area contributed by atoms with Gasteiger partial charge in [-0.05, 0) is 39.0 Å². The SMILES string of the molecule is CC(C)(C)OC(=O)COc1cccc2c1[n+](=O)c1ccccc1n2O. The van der Waals surface area contributed by atoms with Crippen LogP contribution in [0.25, 0.3) is 22.1 Å². The van der Waals surface area contributed by atoms with Gasteiger partial charge in [-0.15, -0.1) is 0 Å². The van der Waals surface area contributed by atoms with Crippen LogP contribution < -0.4 is 9.16 Å². The second-order valence-corrected chi connectivity index (χ2v) is 6.59. The summed E-state index contributed by atoms with van der Waals surface area (Å²) >= 11 is 0. The topological polar surface area (TPSA) is 83.7 Å². The van der Waals surface area contributed by atoms with Crippen LogP contribution in [0, 0.1) is 4.91 Å². The van der Waals surface area contributed by atoms with E-state index in [1.807, 2.05) is 0 Å². The fraction of sp³-hybridized carbons (Fsp3) is 0.278. The first-order valence-corrected chi connectivity index (χ1v) is 7.81. The average Bonchev–Trinajstić information content (AvgIpc) is 2.56. The number of nitrogens with zero attached hydrogens (tertiary/aromatic N) is 2. The van der Waals surface area contributed by atoms with Crippen molar-refractivity contribution in [1.29, 1.82) is 0 Å². The number of hydrogen-bond donors (Lipinski definition) is 1. The molecule has 1 aromatic heterocycles. The average molecular weight is 343 g/mol. The number of fused-ring (bicyclic) bond motifs is 2. The van der Waals surface area contributed by atoms with Crippen LogP contribution in [0.2, 0.25) is 0 Å². The lowest BCUT2D eigenvalue weighted by Gasteiger charge is -2.19. The van der Waals surface area contributed by atoms with E-state index in [0.29, 0.717) is 9.94 Å². The fourth-order valence-electron chi connectivity index (χ4n) is 2.58. The van der Waals surface area contributed by atoms with Gasteiger partial charge >= 0.3 is 11.5 Å². The molecule has 0 unspecified atom stereocenters. The van der Waals surface area contributed by atoms with Crippen LogP contribution in [0.1, 0.15) is 20.8 Å². The van der Waals surface area contributed by atoms with Crippen LogP contribution in [0.5, 0.6) is 5.75 Å². The Kier molecular flexibility index (Phi) is 4.08. The molecule has 0 fully saturated rings. The van der Waals surface area contributed by atoms with E-state index in [2.05, 4.69) is 0 Å². The van der Waals surface area contributed by atoms with Crippen molar-refractivity contribution in [3.8, 4) is 5.75 Å². The minimum Gasteiger partial charge on any atom is -0.475 e.